The minimum Gasteiger partial charge on any atom is -0.392 e. The van der Waals surface area contributed by atoms with E-state index in [0.29, 0.717) is 5.56 Å². The molecule has 3 N–H and O–H groups in total. The van der Waals surface area contributed by atoms with E-state index in [1.807, 2.05) is 0 Å². The van der Waals surface area contributed by atoms with E-state index in [4.69, 9.17) is 5.73 Å². The van der Waals surface area contributed by atoms with Crippen LogP contribution in [0.3, 0.4) is 0 Å². The van der Waals surface area contributed by atoms with Crippen LogP contribution < -0.4 is 10.5 Å². The van der Waals surface area contributed by atoms with Gasteiger partial charge in [0, 0.05) is 0 Å². The topological polar surface area (TPSA) is 72.2 Å². The van der Waals surface area contributed by atoms with E-state index in [-0.39, 0.29) is 16.4 Å². The molecule has 4 nitrogen and oxygen atoms in total. The highest BCUT2D eigenvalue weighted by Gasteiger charge is 2.15. The minimum atomic E-state index is -3.50. The Morgan fingerprint density at radius 3 is 2.60 bits per heavy atom. The van der Waals surface area contributed by atoms with Crippen LogP contribution in [0.1, 0.15) is 5.56 Å². The first kappa shape index (κ1) is 12.1. The summed E-state index contributed by atoms with van der Waals surface area (Å²) in [6.45, 7) is 1.71. The van der Waals surface area contributed by atoms with Crippen LogP contribution >= 0.6 is 12.2 Å². The molecule has 0 heterocycles. The molecule has 0 saturated heterocycles. The van der Waals surface area contributed by atoms with Gasteiger partial charge in [-0.05, 0) is 18.6 Å². The van der Waals surface area contributed by atoms with Crippen molar-refractivity contribution >= 4 is 27.2 Å². The second kappa shape index (κ2) is 4.69. The molecule has 0 atom stereocenters. The van der Waals surface area contributed by atoms with Gasteiger partial charge in [0.2, 0.25) is 10.0 Å². The number of sulfonamides is 1. The van der Waals surface area contributed by atoms with Gasteiger partial charge in [-0.25, -0.2) is 13.1 Å². The van der Waals surface area contributed by atoms with Gasteiger partial charge in [-0.15, -0.1) is 0 Å². The molecule has 1 aromatic carbocycles. The summed E-state index contributed by atoms with van der Waals surface area (Å²) in [6, 6.07) is 6.72. The SMILES string of the molecule is Cc1ccccc1S(=O)(=O)NCC(N)=S. The van der Waals surface area contributed by atoms with Gasteiger partial charge in [0.05, 0.1) is 16.4 Å². The third kappa shape index (κ3) is 3.26. The number of nitrogens with two attached hydrogens (primary N) is 1. The zero-order valence-corrected chi connectivity index (χ0v) is 9.86. The third-order valence-electron chi connectivity index (χ3n) is 1.82. The molecule has 0 fully saturated rings. The number of benzene rings is 1. The Hall–Kier alpha value is -0.980. The van der Waals surface area contributed by atoms with E-state index in [0.717, 1.165) is 0 Å². The molecule has 0 aliphatic rings. The Morgan fingerprint density at radius 1 is 1.47 bits per heavy atom. The molecule has 1 rings (SSSR count). The van der Waals surface area contributed by atoms with E-state index in [1.165, 1.54) is 6.07 Å². The number of rotatable bonds is 4. The molecular formula is C9H12N2O2S2. The smallest absolute Gasteiger partial charge is 0.241 e. The van der Waals surface area contributed by atoms with E-state index in [2.05, 4.69) is 16.9 Å². The Morgan fingerprint density at radius 2 is 2.07 bits per heavy atom. The van der Waals surface area contributed by atoms with Crippen LogP contribution in [0.2, 0.25) is 0 Å². The van der Waals surface area contributed by atoms with E-state index in [1.54, 1.807) is 25.1 Å². The number of aryl methyl sites for hydroxylation is 1. The van der Waals surface area contributed by atoms with Crippen molar-refractivity contribution in [2.45, 2.75) is 11.8 Å². The maximum atomic E-state index is 11.7. The largest absolute Gasteiger partial charge is 0.392 e. The summed E-state index contributed by atoms with van der Waals surface area (Å²) >= 11 is 4.60. The highest BCUT2D eigenvalue weighted by molar-refractivity contribution is 7.89. The van der Waals surface area contributed by atoms with Crippen molar-refractivity contribution in [2.24, 2.45) is 5.73 Å². The first-order valence-corrected chi connectivity index (χ1v) is 6.16. The molecule has 0 amide bonds. The van der Waals surface area contributed by atoms with Crippen molar-refractivity contribution in [3.8, 4) is 0 Å². The van der Waals surface area contributed by atoms with Gasteiger partial charge in [0.15, 0.2) is 0 Å². The van der Waals surface area contributed by atoms with Gasteiger partial charge >= 0.3 is 0 Å². The lowest BCUT2D eigenvalue weighted by atomic mass is 10.2. The molecule has 1 aromatic rings. The molecule has 0 radical (unpaired) electrons. The molecule has 0 spiro atoms. The first-order valence-electron chi connectivity index (χ1n) is 4.27. The van der Waals surface area contributed by atoms with Crippen molar-refractivity contribution < 1.29 is 8.42 Å². The van der Waals surface area contributed by atoms with Crippen LogP contribution in [0.25, 0.3) is 0 Å². The molecule has 15 heavy (non-hydrogen) atoms. The van der Waals surface area contributed by atoms with Gasteiger partial charge in [0.1, 0.15) is 0 Å². The minimum absolute atomic E-state index is 0.0218. The predicted molar refractivity (Wildman–Crippen MR) is 63.2 cm³/mol. The van der Waals surface area contributed by atoms with Gasteiger partial charge in [-0.1, -0.05) is 30.4 Å². The van der Waals surface area contributed by atoms with E-state index in [9.17, 15) is 8.42 Å². The Labute approximate surface area is 94.5 Å². The second-order valence-electron chi connectivity index (χ2n) is 3.06. The normalized spacial score (nSPS) is 11.3. The molecule has 0 bridgehead atoms. The molecule has 0 aliphatic heterocycles. The van der Waals surface area contributed by atoms with Crippen LogP contribution in [0.15, 0.2) is 29.2 Å². The van der Waals surface area contributed by atoms with Gasteiger partial charge in [0.25, 0.3) is 0 Å². The summed E-state index contributed by atoms with van der Waals surface area (Å²) in [5, 5.41) is 0. The molecule has 82 valence electrons. The Kier molecular flexibility index (Phi) is 3.78. The van der Waals surface area contributed by atoms with Crippen molar-refractivity contribution in [3.63, 3.8) is 0 Å². The zero-order valence-electron chi connectivity index (χ0n) is 8.23. The van der Waals surface area contributed by atoms with Gasteiger partial charge in [-0.3, -0.25) is 0 Å². The van der Waals surface area contributed by atoms with Crippen molar-refractivity contribution in [1.29, 1.82) is 0 Å². The van der Waals surface area contributed by atoms with Crippen molar-refractivity contribution in [2.75, 3.05) is 6.54 Å². The molecule has 0 unspecified atom stereocenters. The highest BCUT2D eigenvalue weighted by atomic mass is 32.2. The summed E-state index contributed by atoms with van der Waals surface area (Å²) in [7, 11) is -3.50. The van der Waals surface area contributed by atoms with E-state index < -0.39 is 10.0 Å². The fourth-order valence-electron chi connectivity index (χ4n) is 1.10. The van der Waals surface area contributed by atoms with Crippen LogP contribution in [0.5, 0.6) is 0 Å². The number of thiocarbonyl (C=S) groups is 1. The zero-order chi connectivity index (χ0) is 11.5. The lowest BCUT2D eigenvalue weighted by Gasteiger charge is -2.07. The standard InChI is InChI=1S/C9H12N2O2S2/c1-7-4-2-3-5-8(7)15(12,13)11-6-9(10)14/h2-5,11H,6H2,1H3,(H2,10,14). The Bertz CT molecular complexity index is 469. The van der Waals surface area contributed by atoms with Crippen LogP contribution in [0, 0.1) is 6.92 Å². The van der Waals surface area contributed by atoms with Crippen molar-refractivity contribution in [3.05, 3.63) is 29.8 Å². The average molecular weight is 244 g/mol. The summed E-state index contributed by atoms with van der Waals surface area (Å²) in [5.41, 5.74) is 5.91. The van der Waals surface area contributed by atoms with Crippen LogP contribution in [0.4, 0.5) is 0 Å². The van der Waals surface area contributed by atoms with Crippen LogP contribution in [-0.4, -0.2) is 20.0 Å². The maximum absolute atomic E-state index is 11.7. The summed E-state index contributed by atoms with van der Waals surface area (Å²) in [5.74, 6) is 0. The number of nitrogens with one attached hydrogen (secondary N) is 1. The molecule has 0 saturated carbocycles. The van der Waals surface area contributed by atoms with Crippen LogP contribution in [-0.2, 0) is 10.0 Å². The first-order chi connectivity index (χ1) is 6.93. The third-order valence-corrected chi connectivity index (χ3v) is 3.53. The highest BCUT2D eigenvalue weighted by Crippen LogP contribution is 2.13. The second-order valence-corrected chi connectivity index (χ2v) is 5.32. The molecule has 6 heteroatoms. The number of hydrogen-bond acceptors (Lipinski definition) is 3. The molecular weight excluding hydrogens is 232 g/mol. The van der Waals surface area contributed by atoms with Crippen molar-refractivity contribution in [1.82, 2.24) is 4.72 Å². The maximum Gasteiger partial charge on any atom is 0.241 e. The monoisotopic (exact) mass is 244 g/mol. The quantitative estimate of drug-likeness (QED) is 0.759. The fraction of sp³-hybridized carbons (Fsp3) is 0.222. The van der Waals surface area contributed by atoms with Gasteiger partial charge < -0.3 is 5.73 Å². The summed E-state index contributed by atoms with van der Waals surface area (Å²) < 4.78 is 25.8. The fourth-order valence-corrected chi connectivity index (χ4v) is 2.52. The predicted octanol–water partition coefficient (Wildman–Crippen LogP) is 0.559. The summed E-state index contributed by atoms with van der Waals surface area (Å²) in [4.78, 5) is 0.369. The average Bonchev–Trinajstić information content (AvgIpc) is 2.15. The molecule has 0 aromatic heterocycles. The lowest BCUT2D eigenvalue weighted by Crippen LogP contribution is -2.32. The van der Waals surface area contributed by atoms with E-state index >= 15 is 0 Å². The molecule has 0 aliphatic carbocycles. The summed E-state index contributed by atoms with van der Waals surface area (Å²) in [6.07, 6.45) is 0. The number of hydrogen-bond donors (Lipinski definition) is 2. The Balaban J connectivity index is 2.97. The lowest BCUT2D eigenvalue weighted by molar-refractivity contribution is 0.586. The van der Waals surface area contributed by atoms with Gasteiger partial charge in [-0.2, -0.15) is 0 Å².